The summed E-state index contributed by atoms with van der Waals surface area (Å²) in [6.45, 7) is 2.19. The van der Waals surface area contributed by atoms with Gasteiger partial charge in [0.05, 0.1) is 18.8 Å². The number of ether oxygens (including phenoxy) is 1. The molecule has 23 heavy (non-hydrogen) atoms. The van der Waals surface area contributed by atoms with Gasteiger partial charge in [0.25, 0.3) is 5.91 Å². The second kappa shape index (κ2) is 6.21. The van der Waals surface area contributed by atoms with E-state index in [0.717, 1.165) is 5.56 Å². The molecule has 1 amide bonds. The summed E-state index contributed by atoms with van der Waals surface area (Å²) in [6, 6.07) is 9.28. The summed E-state index contributed by atoms with van der Waals surface area (Å²) in [7, 11) is 0. The van der Waals surface area contributed by atoms with Crippen LogP contribution < -0.4 is 0 Å². The number of carboxylic acids is 1. The third-order valence-electron chi connectivity index (χ3n) is 3.64. The quantitative estimate of drug-likeness (QED) is 0.924. The molecule has 1 N–H and O–H groups in total. The molecule has 0 radical (unpaired) electrons. The molecule has 1 fully saturated rings. The fourth-order valence-corrected chi connectivity index (χ4v) is 2.43. The summed E-state index contributed by atoms with van der Waals surface area (Å²) in [5.41, 5.74) is 1.26. The first-order valence-corrected chi connectivity index (χ1v) is 7.23. The molecule has 0 bridgehead atoms. The Kier molecular flexibility index (Phi) is 4.12. The molecule has 1 aliphatic rings. The molecular weight excluding hydrogens is 300 g/mol. The number of aliphatic carboxylic acids is 1. The fraction of sp³-hybridized carbons (Fsp3) is 0.312. The molecular formula is C16H16N2O5. The molecule has 2 aromatic rings. The number of benzene rings is 1. The molecule has 1 aromatic heterocycles. The van der Waals surface area contributed by atoms with E-state index in [1.807, 2.05) is 30.3 Å². The summed E-state index contributed by atoms with van der Waals surface area (Å²) < 4.78 is 10.7. The normalized spacial score (nSPS) is 18.0. The molecule has 0 aliphatic carbocycles. The molecule has 120 valence electrons. The maximum Gasteiger partial charge on any atom is 0.334 e. The first-order chi connectivity index (χ1) is 11.1. The molecule has 0 saturated carbocycles. The average molecular weight is 316 g/mol. The van der Waals surface area contributed by atoms with Crippen LogP contribution in [0.25, 0.3) is 11.5 Å². The van der Waals surface area contributed by atoms with Crippen molar-refractivity contribution in [2.75, 3.05) is 19.7 Å². The van der Waals surface area contributed by atoms with E-state index >= 15 is 0 Å². The number of oxazole rings is 1. The van der Waals surface area contributed by atoms with E-state index in [0.29, 0.717) is 18.1 Å². The van der Waals surface area contributed by atoms with Crippen LogP contribution >= 0.6 is 0 Å². The molecule has 1 saturated heterocycles. The van der Waals surface area contributed by atoms with E-state index in [1.165, 1.54) is 4.90 Å². The number of aromatic nitrogens is 1. The highest BCUT2D eigenvalue weighted by molar-refractivity contribution is 5.93. The minimum atomic E-state index is -1.08. The number of nitrogens with zero attached hydrogens (tertiary/aromatic N) is 2. The van der Waals surface area contributed by atoms with Crippen molar-refractivity contribution in [3.63, 3.8) is 0 Å². The minimum Gasteiger partial charge on any atom is -0.479 e. The zero-order chi connectivity index (χ0) is 16.4. The Hall–Kier alpha value is -2.67. The largest absolute Gasteiger partial charge is 0.479 e. The molecule has 7 heteroatoms. The summed E-state index contributed by atoms with van der Waals surface area (Å²) >= 11 is 0. The summed E-state index contributed by atoms with van der Waals surface area (Å²) in [5, 5.41) is 9.02. The Balaban J connectivity index is 1.83. The molecule has 7 nitrogen and oxygen atoms in total. The van der Waals surface area contributed by atoms with Crippen LogP contribution in [0.1, 0.15) is 16.2 Å². The molecule has 2 heterocycles. The minimum absolute atomic E-state index is 0.00498. The SMILES string of the molecule is Cc1nc(-c2ccccc2)oc1C(=O)N1CCOC(C(=O)O)C1. The van der Waals surface area contributed by atoms with E-state index in [2.05, 4.69) is 4.98 Å². The number of carbonyl (C=O) groups excluding carboxylic acids is 1. The number of aryl methyl sites for hydroxylation is 1. The second-order valence-electron chi connectivity index (χ2n) is 5.25. The predicted molar refractivity (Wildman–Crippen MR) is 80.0 cm³/mol. The average Bonchev–Trinajstić information content (AvgIpc) is 2.97. The number of hydrogen-bond donors (Lipinski definition) is 1. The van der Waals surface area contributed by atoms with Crippen molar-refractivity contribution < 1.29 is 23.8 Å². The maximum absolute atomic E-state index is 12.6. The van der Waals surface area contributed by atoms with Gasteiger partial charge in [-0.25, -0.2) is 9.78 Å². The van der Waals surface area contributed by atoms with Gasteiger partial charge in [0, 0.05) is 12.1 Å². The first kappa shape index (κ1) is 15.2. The van der Waals surface area contributed by atoms with E-state index in [9.17, 15) is 9.59 Å². The van der Waals surface area contributed by atoms with Gasteiger partial charge < -0.3 is 19.2 Å². The van der Waals surface area contributed by atoms with Gasteiger partial charge in [0.15, 0.2) is 6.10 Å². The summed E-state index contributed by atoms with van der Waals surface area (Å²) in [6.07, 6.45) is -1.01. The van der Waals surface area contributed by atoms with E-state index in [-0.39, 0.29) is 24.8 Å². The monoisotopic (exact) mass is 316 g/mol. The molecule has 0 spiro atoms. The van der Waals surface area contributed by atoms with Crippen LogP contribution in [0.4, 0.5) is 0 Å². The number of morpholine rings is 1. The Labute approximate surface area is 132 Å². The number of hydrogen-bond acceptors (Lipinski definition) is 5. The lowest BCUT2D eigenvalue weighted by molar-refractivity contribution is -0.154. The van der Waals surface area contributed by atoms with Crippen molar-refractivity contribution in [2.24, 2.45) is 0 Å². The molecule has 1 aromatic carbocycles. The third-order valence-corrected chi connectivity index (χ3v) is 3.64. The van der Waals surface area contributed by atoms with Gasteiger partial charge in [0.2, 0.25) is 11.7 Å². The topological polar surface area (TPSA) is 92.9 Å². The zero-order valence-electron chi connectivity index (χ0n) is 12.6. The Morgan fingerprint density at radius 2 is 2.04 bits per heavy atom. The molecule has 3 rings (SSSR count). The van der Waals surface area contributed by atoms with Crippen molar-refractivity contribution in [3.8, 4) is 11.5 Å². The van der Waals surface area contributed by atoms with Crippen LogP contribution in [-0.4, -0.2) is 52.7 Å². The van der Waals surface area contributed by atoms with Crippen LogP contribution in [0.2, 0.25) is 0 Å². The van der Waals surface area contributed by atoms with Crippen LogP contribution in [0.5, 0.6) is 0 Å². The van der Waals surface area contributed by atoms with Gasteiger partial charge in [-0.15, -0.1) is 0 Å². The lowest BCUT2D eigenvalue weighted by Crippen LogP contribution is -2.48. The smallest absolute Gasteiger partial charge is 0.334 e. The number of amides is 1. The van der Waals surface area contributed by atoms with Crippen LogP contribution in [0.15, 0.2) is 34.7 Å². The molecule has 1 atom stereocenters. The predicted octanol–water partition coefficient (Wildman–Crippen LogP) is 1.58. The summed E-state index contributed by atoms with van der Waals surface area (Å²) in [4.78, 5) is 29.3. The highest BCUT2D eigenvalue weighted by Crippen LogP contribution is 2.23. The van der Waals surface area contributed by atoms with Crippen molar-refractivity contribution in [3.05, 3.63) is 41.8 Å². The Morgan fingerprint density at radius 3 is 2.74 bits per heavy atom. The van der Waals surface area contributed by atoms with Crippen LogP contribution in [-0.2, 0) is 9.53 Å². The lowest BCUT2D eigenvalue weighted by atomic mass is 10.2. The number of carbonyl (C=O) groups is 2. The van der Waals surface area contributed by atoms with Crippen LogP contribution in [0.3, 0.4) is 0 Å². The van der Waals surface area contributed by atoms with Crippen LogP contribution in [0, 0.1) is 6.92 Å². The van der Waals surface area contributed by atoms with Crippen molar-refractivity contribution in [1.82, 2.24) is 9.88 Å². The third kappa shape index (κ3) is 3.09. The van der Waals surface area contributed by atoms with E-state index in [1.54, 1.807) is 6.92 Å². The van der Waals surface area contributed by atoms with Gasteiger partial charge in [0.1, 0.15) is 0 Å². The standard InChI is InChI=1S/C16H16N2O5/c1-10-13(23-14(17-10)11-5-3-2-4-6-11)15(19)18-7-8-22-12(9-18)16(20)21/h2-6,12H,7-9H2,1H3,(H,20,21). The van der Waals surface area contributed by atoms with Crippen molar-refractivity contribution in [1.29, 1.82) is 0 Å². The zero-order valence-corrected chi connectivity index (χ0v) is 12.6. The van der Waals surface area contributed by atoms with Crippen molar-refractivity contribution >= 4 is 11.9 Å². The first-order valence-electron chi connectivity index (χ1n) is 7.23. The molecule has 1 unspecified atom stereocenters. The molecule has 1 aliphatic heterocycles. The summed E-state index contributed by atoms with van der Waals surface area (Å²) in [5.74, 6) is -0.946. The van der Waals surface area contributed by atoms with Gasteiger partial charge in [-0.05, 0) is 19.1 Å². The van der Waals surface area contributed by atoms with Gasteiger partial charge in [-0.1, -0.05) is 18.2 Å². The lowest BCUT2D eigenvalue weighted by Gasteiger charge is -2.30. The van der Waals surface area contributed by atoms with E-state index < -0.39 is 12.1 Å². The fourth-order valence-electron chi connectivity index (χ4n) is 2.43. The van der Waals surface area contributed by atoms with Crippen molar-refractivity contribution in [2.45, 2.75) is 13.0 Å². The van der Waals surface area contributed by atoms with Gasteiger partial charge in [-0.3, -0.25) is 4.79 Å². The Morgan fingerprint density at radius 1 is 1.30 bits per heavy atom. The maximum atomic E-state index is 12.6. The van der Waals surface area contributed by atoms with Gasteiger partial charge in [-0.2, -0.15) is 0 Å². The Bertz CT molecular complexity index is 725. The number of rotatable bonds is 3. The highest BCUT2D eigenvalue weighted by Gasteiger charge is 2.32. The second-order valence-corrected chi connectivity index (χ2v) is 5.25. The van der Waals surface area contributed by atoms with Gasteiger partial charge >= 0.3 is 5.97 Å². The van der Waals surface area contributed by atoms with E-state index in [4.69, 9.17) is 14.3 Å². The highest BCUT2D eigenvalue weighted by atomic mass is 16.5. The number of carboxylic acid groups (broad SMARTS) is 1.